The number of nitrogens with one attached hydrogen (secondary N) is 1. The maximum atomic E-state index is 10.6. The summed E-state index contributed by atoms with van der Waals surface area (Å²) in [7, 11) is 1.85. The minimum absolute atomic E-state index is 0. The van der Waals surface area contributed by atoms with Crippen LogP contribution in [0.3, 0.4) is 0 Å². The van der Waals surface area contributed by atoms with Crippen molar-refractivity contribution in [3.8, 4) is 0 Å². The zero-order valence-corrected chi connectivity index (χ0v) is 14.4. The fourth-order valence-corrected chi connectivity index (χ4v) is 3.10. The van der Waals surface area contributed by atoms with Crippen LogP contribution in [0.4, 0.5) is 0 Å². The molecule has 0 aliphatic rings. The number of nitrogens with zero attached hydrogens (tertiary/aromatic N) is 1. The van der Waals surface area contributed by atoms with Gasteiger partial charge in [0, 0.05) is 28.7 Å². The number of aliphatic hydroxyl groups excluding tert-OH is 1. The Morgan fingerprint density at radius 1 is 1.13 bits per heavy atom. The molecule has 2 N–H and O–H groups in total. The monoisotopic (exact) mass is 350 g/mol. The van der Waals surface area contributed by atoms with Crippen molar-refractivity contribution < 1.29 is 5.11 Å². The SMILES string of the molecule is CNCC(O)C(c1ccccc1)n1ccc2cc(Cl)ccc21.Cl. The summed E-state index contributed by atoms with van der Waals surface area (Å²) in [5.41, 5.74) is 2.14. The highest BCUT2D eigenvalue weighted by molar-refractivity contribution is 6.31. The molecule has 0 fully saturated rings. The summed E-state index contributed by atoms with van der Waals surface area (Å²) >= 11 is 6.07. The van der Waals surface area contributed by atoms with Gasteiger partial charge in [-0.3, -0.25) is 0 Å². The lowest BCUT2D eigenvalue weighted by Crippen LogP contribution is -2.33. The lowest BCUT2D eigenvalue weighted by atomic mass is 10.0. The number of likely N-dealkylation sites (N-methyl/N-ethyl adjacent to an activating group) is 1. The van der Waals surface area contributed by atoms with E-state index in [1.807, 2.05) is 67.8 Å². The van der Waals surface area contributed by atoms with E-state index in [0.717, 1.165) is 21.5 Å². The van der Waals surface area contributed by atoms with Crippen LogP contribution in [-0.2, 0) is 0 Å². The Hall–Kier alpha value is -1.52. The summed E-state index contributed by atoms with van der Waals surface area (Å²) in [6, 6.07) is 17.8. The normalized spacial score (nSPS) is 13.5. The van der Waals surface area contributed by atoms with Crippen LogP contribution in [0.2, 0.25) is 5.02 Å². The van der Waals surface area contributed by atoms with Crippen molar-refractivity contribution in [2.45, 2.75) is 12.1 Å². The fourth-order valence-electron chi connectivity index (χ4n) is 2.92. The molecule has 3 nitrogen and oxygen atoms in total. The van der Waals surface area contributed by atoms with Gasteiger partial charge in [-0.15, -0.1) is 12.4 Å². The maximum Gasteiger partial charge on any atom is 0.0912 e. The zero-order valence-electron chi connectivity index (χ0n) is 12.8. The predicted molar refractivity (Wildman–Crippen MR) is 98.7 cm³/mol. The van der Waals surface area contributed by atoms with Gasteiger partial charge >= 0.3 is 0 Å². The zero-order chi connectivity index (χ0) is 15.5. The summed E-state index contributed by atoms with van der Waals surface area (Å²) in [4.78, 5) is 0. The van der Waals surface area contributed by atoms with Crippen molar-refractivity contribution in [2.75, 3.05) is 13.6 Å². The average Bonchev–Trinajstić information content (AvgIpc) is 2.92. The Morgan fingerprint density at radius 3 is 2.57 bits per heavy atom. The molecule has 3 rings (SSSR count). The predicted octanol–water partition coefficient (Wildman–Crippen LogP) is 3.89. The van der Waals surface area contributed by atoms with Crippen molar-refractivity contribution in [2.24, 2.45) is 0 Å². The third-order valence-electron chi connectivity index (χ3n) is 3.90. The van der Waals surface area contributed by atoms with Gasteiger partial charge in [-0.25, -0.2) is 0 Å². The van der Waals surface area contributed by atoms with Crippen LogP contribution >= 0.6 is 24.0 Å². The molecule has 23 heavy (non-hydrogen) atoms. The molecule has 2 unspecified atom stereocenters. The van der Waals surface area contributed by atoms with E-state index in [4.69, 9.17) is 11.6 Å². The van der Waals surface area contributed by atoms with Gasteiger partial charge in [0.1, 0.15) is 0 Å². The highest BCUT2D eigenvalue weighted by Gasteiger charge is 2.23. The fraction of sp³-hybridized carbons (Fsp3) is 0.222. The van der Waals surface area contributed by atoms with E-state index in [1.165, 1.54) is 0 Å². The molecule has 1 aromatic heterocycles. The molecule has 3 aromatic rings. The molecule has 2 atom stereocenters. The second kappa shape index (κ2) is 7.84. The van der Waals surface area contributed by atoms with E-state index in [0.29, 0.717) is 6.54 Å². The van der Waals surface area contributed by atoms with Gasteiger partial charge in [0.05, 0.1) is 12.1 Å². The van der Waals surface area contributed by atoms with E-state index in [1.54, 1.807) is 0 Å². The topological polar surface area (TPSA) is 37.2 Å². The van der Waals surface area contributed by atoms with Gasteiger partial charge in [0.15, 0.2) is 0 Å². The first-order valence-electron chi connectivity index (χ1n) is 7.34. The van der Waals surface area contributed by atoms with Gasteiger partial charge in [-0.05, 0) is 36.9 Å². The summed E-state index contributed by atoms with van der Waals surface area (Å²) in [5.74, 6) is 0. The van der Waals surface area contributed by atoms with Gasteiger partial charge < -0.3 is 15.0 Å². The molecule has 0 aliphatic carbocycles. The van der Waals surface area contributed by atoms with E-state index < -0.39 is 6.10 Å². The minimum atomic E-state index is -0.529. The number of aliphatic hydroxyl groups is 1. The highest BCUT2D eigenvalue weighted by Crippen LogP contribution is 2.29. The van der Waals surface area contributed by atoms with E-state index >= 15 is 0 Å². The summed E-state index contributed by atoms with van der Waals surface area (Å²) < 4.78 is 2.11. The third kappa shape index (κ3) is 3.70. The number of hydrogen-bond donors (Lipinski definition) is 2. The maximum absolute atomic E-state index is 10.6. The molecule has 0 amide bonds. The largest absolute Gasteiger partial charge is 0.389 e. The summed E-state index contributed by atoms with van der Waals surface area (Å²) in [5, 5.41) is 15.5. The van der Waals surface area contributed by atoms with Crippen LogP contribution in [0.15, 0.2) is 60.8 Å². The number of rotatable bonds is 5. The van der Waals surface area contributed by atoms with E-state index in [-0.39, 0.29) is 18.4 Å². The van der Waals surface area contributed by atoms with Gasteiger partial charge in [0.2, 0.25) is 0 Å². The smallest absolute Gasteiger partial charge is 0.0912 e. The molecule has 0 saturated carbocycles. The second-order valence-corrected chi connectivity index (χ2v) is 5.84. The molecule has 2 aromatic carbocycles. The molecule has 1 heterocycles. The van der Waals surface area contributed by atoms with E-state index in [2.05, 4.69) is 9.88 Å². The Balaban J connectivity index is 0.00000192. The van der Waals surface area contributed by atoms with Crippen LogP contribution in [0.1, 0.15) is 11.6 Å². The number of benzene rings is 2. The third-order valence-corrected chi connectivity index (χ3v) is 4.14. The molecule has 0 saturated heterocycles. The Labute approximate surface area is 147 Å². The Morgan fingerprint density at radius 2 is 1.87 bits per heavy atom. The molecule has 0 spiro atoms. The van der Waals surface area contributed by atoms with Gasteiger partial charge in [-0.1, -0.05) is 41.9 Å². The lowest BCUT2D eigenvalue weighted by molar-refractivity contribution is 0.132. The number of hydrogen-bond acceptors (Lipinski definition) is 2. The van der Waals surface area contributed by atoms with Crippen molar-refractivity contribution in [3.63, 3.8) is 0 Å². The minimum Gasteiger partial charge on any atom is -0.389 e. The second-order valence-electron chi connectivity index (χ2n) is 5.41. The van der Waals surface area contributed by atoms with Crippen molar-refractivity contribution in [1.29, 1.82) is 0 Å². The van der Waals surface area contributed by atoms with E-state index in [9.17, 15) is 5.11 Å². The lowest BCUT2D eigenvalue weighted by Gasteiger charge is -2.26. The Bertz CT molecular complexity index is 758. The standard InChI is InChI=1S/C18H19ClN2O.ClH/c1-20-12-17(22)18(13-5-3-2-4-6-13)21-10-9-14-11-15(19)7-8-16(14)21;/h2-11,17-18,20,22H,12H2,1H3;1H. The summed E-state index contributed by atoms with van der Waals surface area (Å²) in [6.45, 7) is 0.521. The first-order chi connectivity index (χ1) is 10.7. The Kier molecular flexibility index (Phi) is 6.08. The quantitative estimate of drug-likeness (QED) is 0.732. The molecular formula is C18H20Cl2N2O. The number of fused-ring (bicyclic) bond motifs is 1. The van der Waals surface area contributed by atoms with Gasteiger partial charge in [-0.2, -0.15) is 0 Å². The number of halogens is 2. The van der Waals surface area contributed by atoms with Crippen molar-refractivity contribution in [3.05, 3.63) is 71.4 Å². The molecule has 0 radical (unpaired) electrons. The first kappa shape index (κ1) is 17.8. The van der Waals surface area contributed by atoms with Crippen molar-refractivity contribution in [1.82, 2.24) is 9.88 Å². The van der Waals surface area contributed by atoms with Crippen LogP contribution in [0.5, 0.6) is 0 Å². The van der Waals surface area contributed by atoms with Crippen LogP contribution < -0.4 is 5.32 Å². The highest BCUT2D eigenvalue weighted by atomic mass is 35.5. The first-order valence-corrected chi connectivity index (χ1v) is 7.72. The summed E-state index contributed by atoms with van der Waals surface area (Å²) in [6.07, 6.45) is 1.48. The molecule has 5 heteroatoms. The van der Waals surface area contributed by atoms with Crippen LogP contribution in [-0.4, -0.2) is 29.4 Å². The average molecular weight is 351 g/mol. The van der Waals surface area contributed by atoms with Crippen molar-refractivity contribution >= 4 is 34.9 Å². The molecule has 0 aliphatic heterocycles. The van der Waals surface area contributed by atoms with Crippen LogP contribution in [0, 0.1) is 0 Å². The molecular weight excluding hydrogens is 331 g/mol. The van der Waals surface area contributed by atoms with Gasteiger partial charge in [0.25, 0.3) is 0 Å². The number of aromatic nitrogens is 1. The molecule has 122 valence electrons. The van der Waals surface area contributed by atoms with Crippen LogP contribution in [0.25, 0.3) is 10.9 Å². The molecule has 0 bridgehead atoms.